The van der Waals surface area contributed by atoms with Gasteiger partial charge < -0.3 is 0 Å². The molecule has 15 heavy (non-hydrogen) atoms. The Morgan fingerprint density at radius 1 is 1.40 bits per heavy atom. The van der Waals surface area contributed by atoms with Crippen LogP contribution in [0.3, 0.4) is 0 Å². The zero-order valence-corrected chi connectivity index (χ0v) is 10.3. The molecule has 1 aliphatic carbocycles. The summed E-state index contributed by atoms with van der Waals surface area (Å²) in [5.41, 5.74) is 2.85. The van der Waals surface area contributed by atoms with E-state index in [1.165, 1.54) is 0 Å². The fraction of sp³-hybridized carbons (Fsp3) is 0.308. The van der Waals surface area contributed by atoms with E-state index in [1.807, 2.05) is 25.1 Å². The van der Waals surface area contributed by atoms with Crippen LogP contribution in [0.1, 0.15) is 35.2 Å². The van der Waals surface area contributed by atoms with Crippen molar-refractivity contribution in [3.63, 3.8) is 0 Å². The molecule has 2 heteroatoms. The summed E-state index contributed by atoms with van der Waals surface area (Å²) in [5, 5.41) is 0. The van der Waals surface area contributed by atoms with Gasteiger partial charge in [0.2, 0.25) is 0 Å². The van der Waals surface area contributed by atoms with Crippen LogP contribution in [0.4, 0.5) is 0 Å². The maximum Gasteiger partial charge on any atom is 0.188 e. The highest BCUT2D eigenvalue weighted by Crippen LogP contribution is 2.26. The molecule has 2 rings (SSSR count). The minimum Gasteiger partial charge on any atom is -0.289 e. The Morgan fingerprint density at radius 2 is 2.20 bits per heavy atom. The lowest BCUT2D eigenvalue weighted by atomic mass is 9.99. The third-order valence-electron chi connectivity index (χ3n) is 2.84. The van der Waals surface area contributed by atoms with Gasteiger partial charge in [0.05, 0.1) is 0 Å². The number of hydrogen-bond acceptors (Lipinski definition) is 1. The third-order valence-corrected chi connectivity index (χ3v) is 3.70. The van der Waals surface area contributed by atoms with E-state index in [0.29, 0.717) is 0 Å². The average Bonchev–Trinajstić information content (AvgIpc) is 2.74. The van der Waals surface area contributed by atoms with E-state index in [1.54, 1.807) is 0 Å². The summed E-state index contributed by atoms with van der Waals surface area (Å²) in [6, 6.07) is 5.79. The summed E-state index contributed by atoms with van der Waals surface area (Å²) in [6.07, 6.45) is 5.18. The zero-order valence-electron chi connectivity index (χ0n) is 8.72. The highest BCUT2D eigenvalue weighted by Gasteiger charge is 2.17. The monoisotopic (exact) mass is 264 g/mol. The van der Waals surface area contributed by atoms with Gasteiger partial charge in [-0.1, -0.05) is 34.1 Å². The molecule has 0 aromatic heterocycles. The molecule has 0 spiro atoms. The number of allylic oxidation sites excluding steroid dienone is 2. The number of benzene rings is 1. The Hall–Kier alpha value is -0.890. The highest BCUT2D eigenvalue weighted by atomic mass is 79.9. The van der Waals surface area contributed by atoms with Crippen LogP contribution in [-0.4, -0.2) is 5.78 Å². The van der Waals surface area contributed by atoms with Gasteiger partial charge in [0.25, 0.3) is 0 Å². The van der Waals surface area contributed by atoms with E-state index in [0.717, 1.165) is 40.4 Å². The van der Waals surface area contributed by atoms with Crippen LogP contribution in [-0.2, 0) is 0 Å². The molecule has 0 amide bonds. The first-order valence-electron chi connectivity index (χ1n) is 5.19. The van der Waals surface area contributed by atoms with Gasteiger partial charge in [-0.3, -0.25) is 4.79 Å². The molecule has 1 aromatic carbocycles. The predicted molar refractivity (Wildman–Crippen MR) is 65.1 cm³/mol. The molecular formula is C13H13BrO. The summed E-state index contributed by atoms with van der Waals surface area (Å²) in [5.74, 6) is 0.200. The summed E-state index contributed by atoms with van der Waals surface area (Å²) >= 11 is 3.45. The van der Waals surface area contributed by atoms with Crippen LogP contribution in [0, 0.1) is 6.92 Å². The maximum absolute atomic E-state index is 12.1. The standard InChI is InChI=1S/C13H13BrO/c1-9-11(7-4-8-12(9)14)13(15)10-5-2-3-6-10/h4-5,7-8H,2-3,6H2,1H3. The molecule has 78 valence electrons. The van der Waals surface area contributed by atoms with Gasteiger partial charge in [-0.15, -0.1) is 0 Å². The van der Waals surface area contributed by atoms with Crippen molar-refractivity contribution in [1.82, 2.24) is 0 Å². The van der Waals surface area contributed by atoms with E-state index in [-0.39, 0.29) is 5.78 Å². The van der Waals surface area contributed by atoms with Gasteiger partial charge in [-0.2, -0.15) is 0 Å². The van der Waals surface area contributed by atoms with E-state index in [4.69, 9.17) is 0 Å². The van der Waals surface area contributed by atoms with Crippen molar-refractivity contribution in [1.29, 1.82) is 0 Å². The molecule has 0 saturated heterocycles. The Labute approximate surface area is 98.3 Å². The molecular weight excluding hydrogens is 252 g/mol. The van der Waals surface area contributed by atoms with Crippen LogP contribution in [0.25, 0.3) is 0 Å². The predicted octanol–water partition coefficient (Wildman–Crippen LogP) is 4.05. The smallest absolute Gasteiger partial charge is 0.188 e. The molecule has 0 aliphatic heterocycles. The van der Waals surface area contributed by atoms with E-state index < -0.39 is 0 Å². The first kappa shape index (κ1) is 10.6. The highest BCUT2D eigenvalue weighted by molar-refractivity contribution is 9.10. The van der Waals surface area contributed by atoms with Gasteiger partial charge in [-0.25, -0.2) is 0 Å². The van der Waals surface area contributed by atoms with Crippen molar-refractivity contribution >= 4 is 21.7 Å². The molecule has 1 aliphatic rings. The van der Waals surface area contributed by atoms with Crippen molar-refractivity contribution in [2.45, 2.75) is 26.2 Å². The molecule has 0 saturated carbocycles. The van der Waals surface area contributed by atoms with Gasteiger partial charge in [-0.05, 0) is 43.4 Å². The first-order chi connectivity index (χ1) is 7.20. The first-order valence-corrected chi connectivity index (χ1v) is 5.98. The van der Waals surface area contributed by atoms with Crippen molar-refractivity contribution in [3.05, 3.63) is 45.4 Å². The number of ketones is 1. The summed E-state index contributed by atoms with van der Waals surface area (Å²) < 4.78 is 1.01. The summed E-state index contributed by atoms with van der Waals surface area (Å²) in [7, 11) is 0. The molecule has 0 unspecified atom stereocenters. The van der Waals surface area contributed by atoms with Crippen molar-refractivity contribution in [2.24, 2.45) is 0 Å². The second-order valence-electron chi connectivity index (χ2n) is 3.86. The number of hydrogen-bond donors (Lipinski definition) is 0. The van der Waals surface area contributed by atoms with Gasteiger partial charge >= 0.3 is 0 Å². The van der Waals surface area contributed by atoms with Gasteiger partial charge in [0, 0.05) is 10.0 Å². The second-order valence-corrected chi connectivity index (χ2v) is 4.72. The summed E-state index contributed by atoms with van der Waals surface area (Å²) in [6.45, 7) is 1.98. The van der Waals surface area contributed by atoms with Crippen LogP contribution in [0.15, 0.2) is 34.3 Å². The third kappa shape index (κ3) is 2.05. The quantitative estimate of drug-likeness (QED) is 0.737. The number of Topliss-reactive ketones (excluding diaryl/α,β-unsaturated/α-hetero) is 1. The fourth-order valence-electron chi connectivity index (χ4n) is 1.90. The Bertz CT molecular complexity index is 432. The number of carbonyl (C=O) groups excluding carboxylic acids is 1. The molecule has 0 atom stereocenters. The largest absolute Gasteiger partial charge is 0.289 e. The summed E-state index contributed by atoms with van der Waals surface area (Å²) in [4.78, 5) is 12.1. The molecule has 0 heterocycles. The zero-order chi connectivity index (χ0) is 10.8. The lowest BCUT2D eigenvalue weighted by Gasteiger charge is -2.06. The Balaban J connectivity index is 2.37. The normalized spacial score (nSPS) is 15.2. The van der Waals surface area contributed by atoms with Crippen LogP contribution in [0.2, 0.25) is 0 Å². The molecule has 0 radical (unpaired) electrons. The molecule has 0 bridgehead atoms. The molecule has 0 N–H and O–H groups in total. The minimum atomic E-state index is 0.200. The van der Waals surface area contributed by atoms with Crippen LogP contribution >= 0.6 is 15.9 Å². The lowest BCUT2D eigenvalue weighted by Crippen LogP contribution is -2.04. The van der Waals surface area contributed by atoms with Crippen molar-refractivity contribution in [2.75, 3.05) is 0 Å². The van der Waals surface area contributed by atoms with Crippen molar-refractivity contribution < 1.29 is 4.79 Å². The minimum absolute atomic E-state index is 0.200. The Morgan fingerprint density at radius 3 is 2.87 bits per heavy atom. The number of halogens is 1. The molecule has 1 nitrogen and oxygen atoms in total. The van der Waals surface area contributed by atoms with Gasteiger partial charge in [0.1, 0.15) is 0 Å². The molecule has 0 fully saturated rings. The molecule has 1 aromatic rings. The SMILES string of the molecule is Cc1c(Br)cccc1C(=O)C1=CCCC1. The number of carbonyl (C=O) groups is 1. The number of rotatable bonds is 2. The van der Waals surface area contributed by atoms with Crippen LogP contribution in [0.5, 0.6) is 0 Å². The van der Waals surface area contributed by atoms with Gasteiger partial charge in [0.15, 0.2) is 5.78 Å². The topological polar surface area (TPSA) is 17.1 Å². The lowest BCUT2D eigenvalue weighted by molar-refractivity contribution is 0.103. The van der Waals surface area contributed by atoms with E-state index >= 15 is 0 Å². The average molecular weight is 265 g/mol. The fourth-order valence-corrected chi connectivity index (χ4v) is 2.27. The Kier molecular flexibility index (Phi) is 3.06. The van der Waals surface area contributed by atoms with E-state index in [9.17, 15) is 4.79 Å². The second kappa shape index (κ2) is 4.31. The van der Waals surface area contributed by atoms with Crippen LogP contribution < -0.4 is 0 Å². The van der Waals surface area contributed by atoms with E-state index in [2.05, 4.69) is 22.0 Å². The van der Waals surface area contributed by atoms with Crippen molar-refractivity contribution in [3.8, 4) is 0 Å². The maximum atomic E-state index is 12.1.